The quantitative estimate of drug-likeness (QED) is 0.739. The van der Waals surface area contributed by atoms with Gasteiger partial charge in [0.25, 0.3) is 0 Å². The summed E-state index contributed by atoms with van der Waals surface area (Å²) >= 11 is 1.54. The van der Waals surface area contributed by atoms with Crippen LogP contribution >= 0.6 is 11.3 Å². The summed E-state index contributed by atoms with van der Waals surface area (Å²) in [6, 6.07) is 0. The first kappa shape index (κ1) is 9.41. The highest BCUT2D eigenvalue weighted by Crippen LogP contribution is 2.18. The normalized spacial score (nSPS) is 11.7. The Labute approximate surface area is 76.2 Å². The Morgan fingerprint density at radius 1 is 1.50 bits per heavy atom. The van der Waals surface area contributed by atoms with Crippen molar-refractivity contribution in [3.63, 3.8) is 0 Å². The average molecular weight is 186 g/mol. The first-order valence-electron chi connectivity index (χ1n) is 3.82. The van der Waals surface area contributed by atoms with Crippen LogP contribution < -0.4 is 11.1 Å². The number of nitrogens with one attached hydrogen (secondary N) is 1. The first-order chi connectivity index (χ1) is 5.53. The fourth-order valence-corrected chi connectivity index (χ4v) is 1.46. The molecular weight excluding hydrogens is 172 g/mol. The van der Waals surface area contributed by atoms with E-state index in [0.717, 1.165) is 10.1 Å². The molecule has 1 rings (SSSR count). The average Bonchev–Trinajstić information content (AvgIpc) is 2.35. The van der Waals surface area contributed by atoms with Crippen LogP contribution in [0.1, 0.15) is 18.9 Å². The van der Waals surface area contributed by atoms with E-state index in [1.54, 1.807) is 11.3 Å². The summed E-state index contributed by atoms with van der Waals surface area (Å²) in [6.45, 7) is 6.57. The predicted octanol–water partition coefficient (Wildman–Crippen LogP) is 0.996. The van der Waals surface area contributed by atoms with Crippen LogP contribution in [0.4, 0.5) is 5.13 Å². The molecule has 0 aliphatic heterocycles. The Balaban J connectivity index is 2.63. The van der Waals surface area contributed by atoms with E-state index in [1.807, 2.05) is 20.8 Å². The van der Waals surface area contributed by atoms with E-state index in [-0.39, 0.29) is 5.54 Å². The summed E-state index contributed by atoms with van der Waals surface area (Å²) < 4.78 is 0. The van der Waals surface area contributed by atoms with Crippen LogP contribution in [-0.4, -0.2) is 22.3 Å². The Bertz CT molecular complexity index is 256. The van der Waals surface area contributed by atoms with E-state index >= 15 is 0 Å². The van der Waals surface area contributed by atoms with Gasteiger partial charge in [0, 0.05) is 12.1 Å². The van der Waals surface area contributed by atoms with Gasteiger partial charge in [-0.15, -0.1) is 10.2 Å². The summed E-state index contributed by atoms with van der Waals surface area (Å²) in [5.74, 6) is 0. The Hall–Kier alpha value is -0.680. The highest BCUT2D eigenvalue weighted by atomic mass is 32.1. The second kappa shape index (κ2) is 3.37. The Morgan fingerprint density at radius 2 is 2.17 bits per heavy atom. The second-order valence-electron chi connectivity index (χ2n) is 3.34. The molecule has 0 saturated carbocycles. The highest BCUT2D eigenvalue weighted by Gasteiger charge is 2.16. The molecule has 1 aromatic rings. The number of aryl methyl sites for hydroxylation is 1. The van der Waals surface area contributed by atoms with Crippen molar-refractivity contribution in [3.05, 3.63) is 5.01 Å². The summed E-state index contributed by atoms with van der Waals surface area (Å²) in [7, 11) is 0. The van der Waals surface area contributed by atoms with E-state index < -0.39 is 0 Å². The molecule has 12 heavy (non-hydrogen) atoms. The van der Waals surface area contributed by atoms with Crippen LogP contribution in [0, 0.1) is 6.92 Å². The molecule has 0 fully saturated rings. The zero-order chi connectivity index (χ0) is 9.19. The lowest BCUT2D eigenvalue weighted by atomic mass is 10.1. The first-order valence-corrected chi connectivity index (χ1v) is 4.63. The van der Waals surface area contributed by atoms with Crippen molar-refractivity contribution in [2.75, 3.05) is 11.9 Å². The molecule has 68 valence electrons. The minimum absolute atomic E-state index is 0.105. The molecule has 0 saturated heterocycles. The summed E-state index contributed by atoms with van der Waals surface area (Å²) in [5.41, 5.74) is 5.45. The van der Waals surface area contributed by atoms with Crippen molar-refractivity contribution >= 4 is 16.5 Å². The molecule has 0 spiro atoms. The molecular formula is C7H14N4S. The van der Waals surface area contributed by atoms with Crippen molar-refractivity contribution in [3.8, 4) is 0 Å². The molecule has 1 heterocycles. The third kappa shape index (κ3) is 2.42. The van der Waals surface area contributed by atoms with Crippen molar-refractivity contribution in [1.29, 1.82) is 0 Å². The SMILES string of the molecule is Cc1nnc(NC(C)(C)CN)s1. The van der Waals surface area contributed by atoms with Crippen molar-refractivity contribution < 1.29 is 0 Å². The predicted molar refractivity (Wildman–Crippen MR) is 51.4 cm³/mol. The molecule has 4 nitrogen and oxygen atoms in total. The van der Waals surface area contributed by atoms with Crippen LogP contribution in [0.5, 0.6) is 0 Å². The topological polar surface area (TPSA) is 63.8 Å². The van der Waals surface area contributed by atoms with E-state index in [2.05, 4.69) is 15.5 Å². The fraction of sp³-hybridized carbons (Fsp3) is 0.714. The van der Waals surface area contributed by atoms with Crippen LogP contribution in [0.25, 0.3) is 0 Å². The number of rotatable bonds is 3. The lowest BCUT2D eigenvalue weighted by Gasteiger charge is -2.22. The summed E-state index contributed by atoms with van der Waals surface area (Å²) in [6.07, 6.45) is 0. The maximum atomic E-state index is 5.55. The minimum atomic E-state index is -0.105. The fourth-order valence-electron chi connectivity index (χ4n) is 0.688. The molecule has 3 N–H and O–H groups in total. The van der Waals surface area contributed by atoms with E-state index in [1.165, 1.54) is 0 Å². The molecule has 0 aliphatic carbocycles. The van der Waals surface area contributed by atoms with Crippen molar-refractivity contribution in [2.45, 2.75) is 26.3 Å². The third-order valence-corrected chi connectivity index (χ3v) is 2.24. The summed E-state index contributed by atoms with van der Waals surface area (Å²) in [5, 5.41) is 12.9. The molecule has 0 aliphatic rings. The largest absolute Gasteiger partial charge is 0.354 e. The van der Waals surface area contributed by atoms with Gasteiger partial charge in [0.15, 0.2) is 0 Å². The molecule has 0 radical (unpaired) electrons. The molecule has 0 bridgehead atoms. The van der Waals surface area contributed by atoms with Gasteiger partial charge in [0.2, 0.25) is 5.13 Å². The number of hydrogen-bond acceptors (Lipinski definition) is 5. The number of anilines is 1. The van der Waals surface area contributed by atoms with E-state index in [9.17, 15) is 0 Å². The van der Waals surface area contributed by atoms with Crippen LogP contribution in [0.2, 0.25) is 0 Å². The number of nitrogens with zero attached hydrogens (tertiary/aromatic N) is 2. The van der Waals surface area contributed by atoms with Gasteiger partial charge in [-0.1, -0.05) is 11.3 Å². The zero-order valence-corrected chi connectivity index (χ0v) is 8.40. The second-order valence-corrected chi connectivity index (χ2v) is 4.52. The zero-order valence-electron chi connectivity index (χ0n) is 7.59. The van der Waals surface area contributed by atoms with Crippen LogP contribution in [-0.2, 0) is 0 Å². The Morgan fingerprint density at radius 3 is 2.58 bits per heavy atom. The van der Waals surface area contributed by atoms with Crippen molar-refractivity contribution in [2.24, 2.45) is 5.73 Å². The van der Waals surface area contributed by atoms with Gasteiger partial charge in [0.1, 0.15) is 5.01 Å². The highest BCUT2D eigenvalue weighted by molar-refractivity contribution is 7.15. The maximum Gasteiger partial charge on any atom is 0.206 e. The van der Waals surface area contributed by atoms with Gasteiger partial charge >= 0.3 is 0 Å². The van der Waals surface area contributed by atoms with Crippen molar-refractivity contribution in [1.82, 2.24) is 10.2 Å². The molecule has 1 aromatic heterocycles. The number of aromatic nitrogens is 2. The smallest absolute Gasteiger partial charge is 0.206 e. The van der Waals surface area contributed by atoms with Crippen LogP contribution in [0.15, 0.2) is 0 Å². The van der Waals surface area contributed by atoms with E-state index in [0.29, 0.717) is 6.54 Å². The lowest BCUT2D eigenvalue weighted by molar-refractivity contribution is 0.578. The lowest BCUT2D eigenvalue weighted by Crippen LogP contribution is -2.39. The monoisotopic (exact) mass is 186 g/mol. The Kier molecular flexibility index (Phi) is 2.64. The van der Waals surface area contributed by atoms with Crippen LogP contribution in [0.3, 0.4) is 0 Å². The van der Waals surface area contributed by atoms with Gasteiger partial charge < -0.3 is 11.1 Å². The number of nitrogens with two attached hydrogens (primary N) is 1. The molecule has 0 aromatic carbocycles. The summed E-state index contributed by atoms with van der Waals surface area (Å²) in [4.78, 5) is 0. The third-order valence-electron chi connectivity index (χ3n) is 1.48. The molecule has 5 heteroatoms. The molecule has 0 atom stereocenters. The minimum Gasteiger partial charge on any atom is -0.354 e. The van der Waals surface area contributed by atoms with Gasteiger partial charge in [0.05, 0.1) is 0 Å². The number of hydrogen-bond donors (Lipinski definition) is 2. The van der Waals surface area contributed by atoms with Gasteiger partial charge in [-0.25, -0.2) is 0 Å². The molecule has 0 amide bonds. The van der Waals surface area contributed by atoms with Gasteiger partial charge in [-0.05, 0) is 20.8 Å². The van der Waals surface area contributed by atoms with E-state index in [4.69, 9.17) is 5.73 Å². The molecule has 0 unspecified atom stereocenters. The standard InChI is InChI=1S/C7H14N4S/c1-5-10-11-6(12-5)9-7(2,3)4-8/h4,8H2,1-3H3,(H,9,11). The van der Waals surface area contributed by atoms with Gasteiger partial charge in [-0.2, -0.15) is 0 Å². The maximum absolute atomic E-state index is 5.55. The van der Waals surface area contributed by atoms with Gasteiger partial charge in [-0.3, -0.25) is 0 Å².